The fourth-order valence-corrected chi connectivity index (χ4v) is 2.79. The third-order valence-corrected chi connectivity index (χ3v) is 3.69. The summed E-state index contributed by atoms with van der Waals surface area (Å²) < 4.78 is 0. The van der Waals surface area contributed by atoms with E-state index in [1.54, 1.807) is 17.8 Å². The van der Waals surface area contributed by atoms with E-state index in [0.29, 0.717) is 0 Å². The Morgan fingerprint density at radius 2 is 2.14 bits per heavy atom. The van der Waals surface area contributed by atoms with Crippen molar-refractivity contribution in [3.8, 4) is 0 Å². The fraction of sp³-hybridized carbons (Fsp3) is 0.200. The Balaban J connectivity index is 2.28. The van der Waals surface area contributed by atoms with Crippen LogP contribution in [0.4, 0.5) is 0 Å². The van der Waals surface area contributed by atoms with Gasteiger partial charge in [-0.2, -0.15) is 0 Å². The Kier molecular flexibility index (Phi) is 2.96. The molecule has 0 bridgehead atoms. The minimum Gasteiger partial charge on any atom is -0.372 e. The van der Waals surface area contributed by atoms with Crippen LogP contribution in [0.3, 0.4) is 0 Å². The molecule has 4 heteroatoms. The van der Waals surface area contributed by atoms with Crippen LogP contribution in [0.5, 0.6) is 0 Å². The second-order valence-corrected chi connectivity index (χ2v) is 4.95. The first kappa shape index (κ1) is 10.2. The van der Waals surface area contributed by atoms with Gasteiger partial charge in [-0.25, -0.2) is 0 Å². The highest BCUT2D eigenvalue weighted by atomic mass is 35.5. The molecule has 0 radical (unpaired) electrons. The minimum atomic E-state index is 0.196. The molecule has 1 aromatic carbocycles. The minimum absolute atomic E-state index is 0.196. The molecule has 0 spiro atoms. The largest absolute Gasteiger partial charge is 0.372 e. The molecule has 2 rings (SSSR count). The third-order valence-electron chi connectivity index (χ3n) is 1.98. The van der Waals surface area contributed by atoms with Crippen molar-refractivity contribution in [3.63, 3.8) is 0 Å². The highest BCUT2D eigenvalue weighted by molar-refractivity contribution is 8.02. The Labute approximate surface area is 97.5 Å². The monoisotopic (exact) mass is 245 g/mol. The van der Waals surface area contributed by atoms with Crippen LogP contribution >= 0.6 is 35.0 Å². The van der Waals surface area contributed by atoms with E-state index in [0.717, 1.165) is 21.3 Å². The van der Waals surface area contributed by atoms with E-state index >= 15 is 0 Å². The average molecular weight is 246 g/mol. The van der Waals surface area contributed by atoms with Crippen molar-refractivity contribution in [2.24, 2.45) is 0 Å². The van der Waals surface area contributed by atoms with Gasteiger partial charge in [-0.15, -0.1) is 11.8 Å². The third kappa shape index (κ3) is 2.02. The molecule has 1 unspecified atom stereocenters. The van der Waals surface area contributed by atoms with Crippen LogP contribution in [-0.4, -0.2) is 0 Å². The van der Waals surface area contributed by atoms with Gasteiger partial charge >= 0.3 is 0 Å². The molecule has 0 aliphatic carbocycles. The van der Waals surface area contributed by atoms with Gasteiger partial charge < -0.3 is 5.32 Å². The number of benzene rings is 1. The maximum atomic E-state index is 6.09. The summed E-state index contributed by atoms with van der Waals surface area (Å²) in [7, 11) is 0. The second-order valence-electron chi connectivity index (χ2n) is 3.13. The zero-order valence-corrected chi connectivity index (χ0v) is 9.88. The van der Waals surface area contributed by atoms with E-state index in [4.69, 9.17) is 23.2 Å². The van der Waals surface area contributed by atoms with Crippen molar-refractivity contribution >= 4 is 35.0 Å². The molecular weight excluding hydrogens is 237 g/mol. The van der Waals surface area contributed by atoms with Gasteiger partial charge in [0, 0.05) is 21.3 Å². The molecule has 1 atom stereocenters. The number of hydrogen-bond donors (Lipinski definition) is 1. The molecule has 1 N–H and O–H groups in total. The summed E-state index contributed by atoms with van der Waals surface area (Å²) in [5, 5.41) is 7.07. The summed E-state index contributed by atoms with van der Waals surface area (Å²) in [6, 6.07) is 5.53. The standard InChI is InChI=1S/C10H9Cl2NS/c1-6-5-14-10(13-6)8-4-7(11)2-3-9(8)12/h2-5,10,13H,1H3. The first-order valence-electron chi connectivity index (χ1n) is 4.20. The van der Waals surface area contributed by atoms with Crippen LogP contribution in [0.2, 0.25) is 10.0 Å². The van der Waals surface area contributed by atoms with Gasteiger partial charge in [0.15, 0.2) is 0 Å². The second kappa shape index (κ2) is 4.05. The lowest BCUT2D eigenvalue weighted by Crippen LogP contribution is -2.11. The normalized spacial score (nSPS) is 20.5. The van der Waals surface area contributed by atoms with E-state index in [9.17, 15) is 0 Å². The van der Waals surface area contributed by atoms with Crippen LogP contribution in [0.25, 0.3) is 0 Å². The smallest absolute Gasteiger partial charge is 0.103 e. The van der Waals surface area contributed by atoms with Gasteiger partial charge in [-0.05, 0) is 30.5 Å². The van der Waals surface area contributed by atoms with Crippen molar-refractivity contribution in [1.82, 2.24) is 5.32 Å². The van der Waals surface area contributed by atoms with Crippen molar-refractivity contribution < 1.29 is 0 Å². The van der Waals surface area contributed by atoms with Crippen LogP contribution in [0.15, 0.2) is 29.3 Å². The fourth-order valence-electron chi connectivity index (χ4n) is 1.31. The van der Waals surface area contributed by atoms with E-state index in [-0.39, 0.29) is 5.37 Å². The highest BCUT2D eigenvalue weighted by Crippen LogP contribution is 2.38. The zero-order chi connectivity index (χ0) is 10.1. The Hall–Kier alpha value is -0.310. The summed E-state index contributed by atoms with van der Waals surface area (Å²) >= 11 is 13.7. The number of halogens is 2. The van der Waals surface area contributed by atoms with Crippen LogP contribution < -0.4 is 5.32 Å². The van der Waals surface area contributed by atoms with Gasteiger partial charge in [0.1, 0.15) is 5.37 Å². The summed E-state index contributed by atoms with van der Waals surface area (Å²) in [5.41, 5.74) is 2.20. The molecule has 0 amide bonds. The number of hydrogen-bond acceptors (Lipinski definition) is 2. The molecule has 14 heavy (non-hydrogen) atoms. The van der Waals surface area contributed by atoms with Crippen molar-refractivity contribution in [1.29, 1.82) is 0 Å². The lowest BCUT2D eigenvalue weighted by molar-refractivity contribution is 0.811. The maximum Gasteiger partial charge on any atom is 0.103 e. The average Bonchev–Trinajstić information content (AvgIpc) is 2.56. The van der Waals surface area contributed by atoms with Crippen molar-refractivity contribution in [2.45, 2.75) is 12.3 Å². The van der Waals surface area contributed by atoms with E-state index in [2.05, 4.69) is 10.7 Å². The molecule has 0 aromatic heterocycles. The zero-order valence-electron chi connectivity index (χ0n) is 7.55. The van der Waals surface area contributed by atoms with Crippen LogP contribution in [0.1, 0.15) is 17.9 Å². The lowest BCUT2D eigenvalue weighted by atomic mass is 10.2. The summed E-state index contributed by atoms with van der Waals surface area (Å²) in [4.78, 5) is 0. The van der Waals surface area contributed by atoms with E-state index in [1.807, 2.05) is 19.1 Å². The van der Waals surface area contributed by atoms with Gasteiger partial charge in [-0.1, -0.05) is 23.2 Å². The predicted molar refractivity (Wildman–Crippen MR) is 63.7 cm³/mol. The van der Waals surface area contributed by atoms with Crippen molar-refractivity contribution in [2.75, 3.05) is 0 Å². The topological polar surface area (TPSA) is 12.0 Å². The maximum absolute atomic E-state index is 6.09. The number of rotatable bonds is 1. The van der Waals surface area contributed by atoms with Gasteiger partial charge in [0.25, 0.3) is 0 Å². The number of allylic oxidation sites excluding steroid dienone is 1. The summed E-state index contributed by atoms with van der Waals surface area (Å²) in [5.74, 6) is 0. The lowest BCUT2D eigenvalue weighted by Gasteiger charge is -2.13. The Bertz CT molecular complexity index is 390. The molecule has 1 nitrogen and oxygen atoms in total. The Morgan fingerprint density at radius 3 is 2.79 bits per heavy atom. The first-order chi connectivity index (χ1) is 6.66. The highest BCUT2D eigenvalue weighted by Gasteiger charge is 2.18. The van der Waals surface area contributed by atoms with Crippen LogP contribution in [-0.2, 0) is 0 Å². The molecule has 0 saturated heterocycles. The number of thioether (sulfide) groups is 1. The van der Waals surface area contributed by atoms with Gasteiger partial charge in [0.05, 0.1) is 0 Å². The summed E-state index contributed by atoms with van der Waals surface area (Å²) in [6.45, 7) is 2.03. The molecule has 0 fully saturated rings. The molecule has 1 aromatic rings. The van der Waals surface area contributed by atoms with Gasteiger partial charge in [0.2, 0.25) is 0 Å². The summed E-state index contributed by atoms with van der Waals surface area (Å²) in [6.07, 6.45) is 0. The molecule has 74 valence electrons. The molecular formula is C10H9Cl2NS. The number of nitrogens with one attached hydrogen (secondary N) is 1. The quantitative estimate of drug-likeness (QED) is 0.797. The molecule has 1 aliphatic rings. The molecule has 1 heterocycles. The Morgan fingerprint density at radius 1 is 1.36 bits per heavy atom. The van der Waals surface area contributed by atoms with Crippen LogP contribution in [0, 0.1) is 0 Å². The van der Waals surface area contributed by atoms with Gasteiger partial charge in [-0.3, -0.25) is 0 Å². The predicted octanol–water partition coefficient (Wildman–Crippen LogP) is 4.19. The molecule has 1 aliphatic heterocycles. The SMILES string of the molecule is CC1=CSC(c2cc(Cl)ccc2Cl)N1. The molecule has 0 saturated carbocycles. The van der Waals surface area contributed by atoms with E-state index < -0.39 is 0 Å². The van der Waals surface area contributed by atoms with E-state index in [1.165, 1.54) is 0 Å². The van der Waals surface area contributed by atoms with Crippen molar-refractivity contribution in [3.05, 3.63) is 44.9 Å². The first-order valence-corrected chi connectivity index (χ1v) is 5.90.